The number of hydrogen-bond donors (Lipinski definition) is 0. The Labute approximate surface area is 68.4 Å². The average Bonchev–Trinajstić information content (AvgIpc) is 2.49. The van der Waals surface area contributed by atoms with Crippen LogP contribution in [-0.2, 0) is 9.47 Å². The van der Waals surface area contributed by atoms with Crippen LogP contribution in [0.3, 0.4) is 0 Å². The first-order chi connectivity index (χ1) is 5.77. The third-order valence-corrected chi connectivity index (χ3v) is 1.86. The molecule has 0 aromatic rings. The number of nitrogens with zero attached hydrogens (tertiary/aromatic N) is 1. The molecule has 5 heteroatoms. The van der Waals surface area contributed by atoms with Crippen LogP contribution in [-0.4, -0.2) is 17.8 Å². The lowest BCUT2D eigenvalue weighted by atomic mass is 10.1. The lowest BCUT2D eigenvalue weighted by Crippen LogP contribution is -2.19. The van der Waals surface area contributed by atoms with Crippen LogP contribution in [0.25, 0.3) is 0 Å². The second kappa shape index (κ2) is 2.51. The van der Waals surface area contributed by atoms with E-state index in [4.69, 9.17) is 9.47 Å². The molecule has 1 atom stereocenters. The summed E-state index contributed by atoms with van der Waals surface area (Å²) < 4.78 is 10.1. The van der Waals surface area contributed by atoms with Crippen LogP contribution in [0.4, 0.5) is 0 Å². The van der Waals surface area contributed by atoms with Gasteiger partial charge in [-0.3, -0.25) is 10.1 Å². The van der Waals surface area contributed by atoms with E-state index < -0.39 is 6.04 Å². The van der Waals surface area contributed by atoms with Crippen molar-refractivity contribution in [3.63, 3.8) is 0 Å². The van der Waals surface area contributed by atoms with Crippen molar-refractivity contribution in [2.75, 3.05) is 6.79 Å². The molecule has 0 saturated carbocycles. The Kier molecular flexibility index (Phi) is 1.49. The molecule has 0 radical (unpaired) electrons. The van der Waals surface area contributed by atoms with Gasteiger partial charge in [0.15, 0.2) is 5.76 Å². The Bertz CT molecular complexity index is 281. The van der Waals surface area contributed by atoms with Gasteiger partial charge in [-0.25, -0.2) is 0 Å². The van der Waals surface area contributed by atoms with Gasteiger partial charge in [-0.15, -0.1) is 0 Å². The van der Waals surface area contributed by atoms with Crippen LogP contribution in [0.2, 0.25) is 0 Å². The number of hydrogen-bond acceptors (Lipinski definition) is 4. The predicted octanol–water partition coefficient (Wildman–Crippen LogP) is 0.807. The van der Waals surface area contributed by atoms with Gasteiger partial charge < -0.3 is 9.47 Å². The lowest BCUT2D eigenvalue weighted by molar-refractivity contribution is -0.509. The zero-order valence-corrected chi connectivity index (χ0v) is 6.23. The summed E-state index contributed by atoms with van der Waals surface area (Å²) in [4.78, 5) is 10.0. The van der Waals surface area contributed by atoms with Gasteiger partial charge in [-0.1, -0.05) is 0 Å². The van der Waals surface area contributed by atoms with Crippen molar-refractivity contribution in [1.29, 1.82) is 0 Å². The fourth-order valence-electron chi connectivity index (χ4n) is 1.22. The van der Waals surface area contributed by atoms with Gasteiger partial charge in [-0.2, -0.15) is 0 Å². The van der Waals surface area contributed by atoms with Crippen molar-refractivity contribution in [1.82, 2.24) is 0 Å². The first-order valence-corrected chi connectivity index (χ1v) is 3.58. The van der Waals surface area contributed by atoms with Gasteiger partial charge >= 0.3 is 0 Å². The minimum absolute atomic E-state index is 0.180. The van der Waals surface area contributed by atoms with Crippen LogP contribution in [0.1, 0.15) is 6.42 Å². The van der Waals surface area contributed by atoms with Gasteiger partial charge in [0.2, 0.25) is 12.8 Å². The molecule has 64 valence electrons. The number of rotatable bonds is 1. The molecule has 0 spiro atoms. The van der Waals surface area contributed by atoms with E-state index in [2.05, 4.69) is 0 Å². The Morgan fingerprint density at radius 2 is 2.42 bits per heavy atom. The van der Waals surface area contributed by atoms with E-state index in [1.807, 2.05) is 0 Å². The summed E-state index contributed by atoms with van der Waals surface area (Å²) >= 11 is 0. The molecule has 2 aliphatic rings. The molecule has 0 aromatic carbocycles. The van der Waals surface area contributed by atoms with Gasteiger partial charge in [0.25, 0.3) is 0 Å². The summed E-state index contributed by atoms with van der Waals surface area (Å²) in [7, 11) is 0. The van der Waals surface area contributed by atoms with Crippen LogP contribution in [0.5, 0.6) is 0 Å². The van der Waals surface area contributed by atoms with Crippen LogP contribution < -0.4 is 0 Å². The molecule has 0 amide bonds. The zero-order valence-electron chi connectivity index (χ0n) is 6.23. The summed E-state index contributed by atoms with van der Waals surface area (Å²) in [6, 6.07) is -0.662. The summed E-state index contributed by atoms with van der Waals surface area (Å²) in [5.41, 5.74) is 0. The van der Waals surface area contributed by atoms with E-state index in [0.717, 1.165) is 0 Å². The van der Waals surface area contributed by atoms with Crippen molar-refractivity contribution in [3.8, 4) is 0 Å². The SMILES string of the molecule is O=[N+]([O-])C1C=CC2=C(C1)OCO2. The molecule has 12 heavy (non-hydrogen) atoms. The Morgan fingerprint density at radius 1 is 1.58 bits per heavy atom. The topological polar surface area (TPSA) is 61.6 Å². The highest BCUT2D eigenvalue weighted by molar-refractivity contribution is 5.24. The minimum atomic E-state index is -0.662. The third-order valence-electron chi connectivity index (χ3n) is 1.86. The van der Waals surface area contributed by atoms with E-state index >= 15 is 0 Å². The average molecular weight is 169 g/mol. The molecule has 0 N–H and O–H groups in total. The second-order valence-electron chi connectivity index (χ2n) is 2.61. The van der Waals surface area contributed by atoms with Gasteiger partial charge in [0.05, 0.1) is 6.42 Å². The number of nitro groups is 1. The maximum absolute atomic E-state index is 10.4. The molecule has 1 aliphatic carbocycles. The van der Waals surface area contributed by atoms with Gasteiger partial charge in [0, 0.05) is 4.92 Å². The summed E-state index contributed by atoms with van der Waals surface area (Å²) in [6.45, 7) is 0.180. The highest BCUT2D eigenvalue weighted by atomic mass is 16.7. The maximum Gasteiger partial charge on any atom is 0.238 e. The summed E-state index contributed by atoms with van der Waals surface area (Å²) in [6.07, 6.45) is 3.42. The van der Waals surface area contributed by atoms with Gasteiger partial charge in [0.1, 0.15) is 5.76 Å². The minimum Gasteiger partial charge on any atom is -0.458 e. The monoisotopic (exact) mass is 169 g/mol. The van der Waals surface area contributed by atoms with Crippen molar-refractivity contribution >= 4 is 0 Å². The Morgan fingerprint density at radius 3 is 3.17 bits per heavy atom. The van der Waals surface area contributed by atoms with Crippen molar-refractivity contribution in [2.45, 2.75) is 12.5 Å². The van der Waals surface area contributed by atoms with E-state index in [9.17, 15) is 10.1 Å². The van der Waals surface area contributed by atoms with Crippen LogP contribution in [0, 0.1) is 10.1 Å². The molecule has 0 aromatic heterocycles. The molecule has 0 fully saturated rings. The van der Waals surface area contributed by atoms with E-state index in [-0.39, 0.29) is 11.7 Å². The highest BCUT2D eigenvalue weighted by Crippen LogP contribution is 2.26. The largest absolute Gasteiger partial charge is 0.458 e. The second-order valence-corrected chi connectivity index (χ2v) is 2.61. The third kappa shape index (κ3) is 1.03. The molecular formula is C7H7NO4. The fourth-order valence-corrected chi connectivity index (χ4v) is 1.22. The molecule has 1 unspecified atom stereocenters. The van der Waals surface area contributed by atoms with Crippen LogP contribution >= 0.6 is 0 Å². The first kappa shape index (κ1) is 7.15. The predicted molar refractivity (Wildman–Crippen MR) is 38.6 cm³/mol. The van der Waals surface area contributed by atoms with Crippen molar-refractivity contribution < 1.29 is 14.4 Å². The van der Waals surface area contributed by atoms with Crippen LogP contribution in [0.15, 0.2) is 23.7 Å². The molecule has 0 bridgehead atoms. The molecule has 0 saturated heterocycles. The van der Waals surface area contributed by atoms with Crippen molar-refractivity contribution in [2.24, 2.45) is 0 Å². The number of ether oxygens (including phenoxy) is 2. The normalized spacial score (nSPS) is 26.2. The number of allylic oxidation sites excluding steroid dienone is 1. The van der Waals surface area contributed by atoms with Crippen molar-refractivity contribution in [3.05, 3.63) is 33.8 Å². The maximum atomic E-state index is 10.4. The smallest absolute Gasteiger partial charge is 0.238 e. The molecule has 1 heterocycles. The van der Waals surface area contributed by atoms with Gasteiger partial charge in [-0.05, 0) is 12.2 Å². The molecular weight excluding hydrogens is 162 g/mol. The van der Waals surface area contributed by atoms with E-state index in [1.165, 1.54) is 6.08 Å². The standard InChI is InChI=1S/C7H7NO4/c9-8(10)5-1-2-6-7(3-5)12-4-11-6/h1-2,5H,3-4H2. The Hall–Kier alpha value is -1.52. The first-order valence-electron chi connectivity index (χ1n) is 3.58. The summed E-state index contributed by atoms with van der Waals surface area (Å²) in [5.74, 6) is 1.23. The van der Waals surface area contributed by atoms with E-state index in [1.54, 1.807) is 6.08 Å². The Balaban J connectivity index is 2.15. The molecule has 2 rings (SSSR count). The molecule has 5 nitrogen and oxygen atoms in total. The lowest BCUT2D eigenvalue weighted by Gasteiger charge is -2.08. The van der Waals surface area contributed by atoms with E-state index in [0.29, 0.717) is 17.9 Å². The summed E-state index contributed by atoms with van der Waals surface area (Å²) in [5, 5.41) is 10.4. The quantitative estimate of drug-likeness (QED) is 0.430. The zero-order chi connectivity index (χ0) is 8.55. The fraction of sp³-hybridized carbons (Fsp3) is 0.429. The highest BCUT2D eigenvalue weighted by Gasteiger charge is 2.29. The molecule has 1 aliphatic heterocycles.